The first kappa shape index (κ1) is 15.6. The van der Waals surface area contributed by atoms with E-state index >= 15 is 0 Å². The first-order valence-corrected chi connectivity index (χ1v) is 7.49. The minimum atomic E-state index is -0.426. The zero-order chi connectivity index (χ0) is 15.6. The number of hydrogen-bond acceptors (Lipinski definition) is 3. The van der Waals surface area contributed by atoms with Crippen LogP contribution in [0.5, 0.6) is 0 Å². The largest absolute Gasteiger partial charge is 0.462 e. The number of nitrogens with one attached hydrogen (secondary N) is 1. The molecule has 6 heteroatoms. The van der Waals surface area contributed by atoms with Crippen LogP contribution in [-0.2, 0) is 11.3 Å². The molecule has 2 aromatic heterocycles. The maximum Gasteiger partial charge on any atom is 0.340 e. The van der Waals surface area contributed by atoms with Crippen LogP contribution < -0.4 is 5.56 Å². The quantitative estimate of drug-likeness (QED) is 0.663. The van der Waals surface area contributed by atoms with Gasteiger partial charge in [0.2, 0.25) is 0 Å². The lowest BCUT2D eigenvalue weighted by molar-refractivity contribution is 0.0528. The Bertz CT molecular complexity index is 758. The van der Waals surface area contributed by atoms with Crippen LogP contribution >= 0.6 is 15.9 Å². The van der Waals surface area contributed by atoms with Crippen LogP contribution in [0.15, 0.2) is 28.1 Å². The Labute approximate surface area is 130 Å². The molecule has 112 valence electrons. The van der Waals surface area contributed by atoms with Crippen LogP contribution in [0.4, 0.5) is 0 Å². The number of halogens is 1. The van der Waals surface area contributed by atoms with Gasteiger partial charge in [0.15, 0.2) is 0 Å². The Morgan fingerprint density at radius 3 is 2.90 bits per heavy atom. The van der Waals surface area contributed by atoms with Crippen LogP contribution in [0.1, 0.15) is 29.4 Å². The molecule has 0 unspecified atom stereocenters. The number of aryl methyl sites for hydroxylation is 2. The highest BCUT2D eigenvalue weighted by Crippen LogP contribution is 2.28. The Hall–Kier alpha value is -1.82. The third-order valence-electron chi connectivity index (χ3n) is 3.22. The highest BCUT2D eigenvalue weighted by atomic mass is 79.9. The SMILES string of the molecule is C=CCCn1cc(Br)c2c(C(=O)OCC)c(C)[nH]c2c1=O. The van der Waals surface area contributed by atoms with Crippen molar-refractivity contribution < 1.29 is 9.53 Å². The van der Waals surface area contributed by atoms with Gasteiger partial charge >= 0.3 is 5.97 Å². The lowest BCUT2D eigenvalue weighted by Gasteiger charge is -2.07. The number of rotatable bonds is 5. The highest BCUT2D eigenvalue weighted by molar-refractivity contribution is 9.10. The Morgan fingerprint density at radius 2 is 2.29 bits per heavy atom. The van der Waals surface area contributed by atoms with Crippen molar-refractivity contribution in [2.24, 2.45) is 0 Å². The zero-order valence-electron chi connectivity index (χ0n) is 12.0. The van der Waals surface area contributed by atoms with Crippen molar-refractivity contribution in [2.45, 2.75) is 26.8 Å². The molecule has 5 nitrogen and oxygen atoms in total. The fourth-order valence-corrected chi connectivity index (χ4v) is 2.93. The summed E-state index contributed by atoms with van der Waals surface area (Å²) in [5, 5.41) is 0.575. The fraction of sp³-hybridized carbons (Fsp3) is 0.333. The standard InChI is InChI=1S/C15H17BrN2O3/c1-4-6-7-18-8-10(16)12-11(15(20)21-5-2)9(3)17-13(12)14(18)19/h4,8,17H,1,5-7H2,2-3H3. The smallest absolute Gasteiger partial charge is 0.340 e. The summed E-state index contributed by atoms with van der Waals surface area (Å²) in [4.78, 5) is 27.5. The van der Waals surface area contributed by atoms with Crippen molar-refractivity contribution >= 4 is 32.8 Å². The van der Waals surface area contributed by atoms with E-state index in [9.17, 15) is 9.59 Å². The van der Waals surface area contributed by atoms with Gasteiger partial charge in [-0.2, -0.15) is 0 Å². The molecule has 0 aliphatic heterocycles. The summed E-state index contributed by atoms with van der Waals surface area (Å²) in [6.45, 7) is 8.00. The molecule has 0 aliphatic rings. The number of nitrogens with zero attached hydrogens (tertiary/aromatic N) is 1. The molecule has 1 N–H and O–H groups in total. The molecule has 0 aliphatic carbocycles. The van der Waals surface area contributed by atoms with Crippen molar-refractivity contribution in [2.75, 3.05) is 6.61 Å². The monoisotopic (exact) mass is 352 g/mol. The number of pyridine rings is 1. The molecule has 0 fully saturated rings. The molecule has 0 aromatic carbocycles. The van der Waals surface area contributed by atoms with Gasteiger partial charge in [-0.1, -0.05) is 6.08 Å². The molecule has 0 saturated heterocycles. The lowest BCUT2D eigenvalue weighted by atomic mass is 10.1. The second-order valence-corrected chi connectivity index (χ2v) is 5.50. The average Bonchev–Trinajstić information content (AvgIpc) is 2.79. The van der Waals surface area contributed by atoms with E-state index in [1.807, 2.05) is 0 Å². The van der Waals surface area contributed by atoms with Gasteiger partial charge in [-0.25, -0.2) is 4.79 Å². The van der Waals surface area contributed by atoms with Crippen molar-refractivity contribution in [3.8, 4) is 0 Å². The van der Waals surface area contributed by atoms with Gasteiger partial charge in [0.25, 0.3) is 5.56 Å². The number of fused-ring (bicyclic) bond motifs is 1. The number of H-pyrrole nitrogens is 1. The lowest BCUT2D eigenvalue weighted by Crippen LogP contribution is -2.20. The number of carbonyl (C=O) groups is 1. The molecule has 0 radical (unpaired) electrons. The second-order valence-electron chi connectivity index (χ2n) is 4.65. The van der Waals surface area contributed by atoms with E-state index in [1.54, 1.807) is 30.7 Å². The molecule has 21 heavy (non-hydrogen) atoms. The average molecular weight is 353 g/mol. The third kappa shape index (κ3) is 2.81. The van der Waals surface area contributed by atoms with E-state index in [-0.39, 0.29) is 5.56 Å². The maximum atomic E-state index is 12.5. The van der Waals surface area contributed by atoms with Gasteiger partial charge in [-0.15, -0.1) is 6.58 Å². The number of ether oxygens (including phenoxy) is 1. The maximum absolute atomic E-state index is 12.5. The predicted octanol–water partition coefficient (Wildman–Crippen LogP) is 3.15. The molecule has 2 heterocycles. The highest BCUT2D eigenvalue weighted by Gasteiger charge is 2.22. The molecule has 0 bridgehead atoms. The van der Waals surface area contributed by atoms with E-state index in [0.29, 0.717) is 46.2 Å². The first-order chi connectivity index (χ1) is 10.0. The topological polar surface area (TPSA) is 64.1 Å². The number of hydrogen-bond donors (Lipinski definition) is 1. The van der Waals surface area contributed by atoms with E-state index < -0.39 is 5.97 Å². The van der Waals surface area contributed by atoms with Gasteiger partial charge in [0.05, 0.1) is 12.2 Å². The summed E-state index contributed by atoms with van der Waals surface area (Å²) in [7, 11) is 0. The predicted molar refractivity (Wildman–Crippen MR) is 85.8 cm³/mol. The zero-order valence-corrected chi connectivity index (χ0v) is 13.6. The van der Waals surface area contributed by atoms with Crippen LogP contribution in [0.2, 0.25) is 0 Å². The van der Waals surface area contributed by atoms with Gasteiger partial charge in [0.1, 0.15) is 5.52 Å². The molecule has 0 saturated carbocycles. The summed E-state index contributed by atoms with van der Waals surface area (Å²) >= 11 is 3.44. The normalized spacial score (nSPS) is 10.8. The summed E-state index contributed by atoms with van der Waals surface area (Å²) in [6.07, 6.45) is 4.15. The Morgan fingerprint density at radius 1 is 1.57 bits per heavy atom. The van der Waals surface area contributed by atoms with E-state index in [4.69, 9.17) is 4.74 Å². The van der Waals surface area contributed by atoms with Crippen molar-refractivity contribution in [1.29, 1.82) is 0 Å². The van der Waals surface area contributed by atoms with Crippen LogP contribution in [0.3, 0.4) is 0 Å². The summed E-state index contributed by atoms with van der Waals surface area (Å²) < 4.78 is 7.35. The number of carbonyl (C=O) groups excluding carboxylic acids is 1. The molecule has 0 amide bonds. The number of aromatic nitrogens is 2. The molecular weight excluding hydrogens is 336 g/mol. The minimum absolute atomic E-state index is 0.159. The number of esters is 1. The van der Waals surface area contributed by atoms with Crippen molar-refractivity contribution in [1.82, 2.24) is 9.55 Å². The minimum Gasteiger partial charge on any atom is -0.462 e. The molecule has 0 atom stereocenters. The summed E-state index contributed by atoms with van der Waals surface area (Å²) in [6, 6.07) is 0. The fourth-order valence-electron chi connectivity index (χ4n) is 2.28. The van der Waals surface area contributed by atoms with Crippen molar-refractivity contribution in [3.05, 3.63) is 44.9 Å². The number of allylic oxidation sites excluding steroid dienone is 1. The molecule has 0 spiro atoms. The van der Waals surface area contributed by atoms with Gasteiger partial charge in [-0.05, 0) is 36.2 Å². The van der Waals surface area contributed by atoms with Crippen LogP contribution in [0, 0.1) is 6.92 Å². The third-order valence-corrected chi connectivity index (χ3v) is 3.83. The van der Waals surface area contributed by atoms with Gasteiger partial charge < -0.3 is 14.3 Å². The molecule has 2 rings (SSSR count). The summed E-state index contributed by atoms with van der Waals surface area (Å²) in [5.41, 5.74) is 1.29. The van der Waals surface area contributed by atoms with E-state index in [1.165, 1.54) is 0 Å². The van der Waals surface area contributed by atoms with E-state index in [2.05, 4.69) is 27.5 Å². The summed E-state index contributed by atoms with van der Waals surface area (Å²) in [5.74, 6) is -0.426. The van der Waals surface area contributed by atoms with Crippen LogP contribution in [0.25, 0.3) is 10.9 Å². The van der Waals surface area contributed by atoms with Gasteiger partial charge in [0, 0.05) is 28.3 Å². The number of aromatic amines is 1. The molecular formula is C15H17BrN2O3. The second kappa shape index (κ2) is 6.30. The van der Waals surface area contributed by atoms with E-state index in [0.717, 1.165) is 0 Å². The van der Waals surface area contributed by atoms with Crippen LogP contribution in [-0.4, -0.2) is 22.1 Å². The Kier molecular flexibility index (Phi) is 4.67. The Balaban J connectivity index is 2.68. The first-order valence-electron chi connectivity index (χ1n) is 6.70. The van der Waals surface area contributed by atoms with Crippen molar-refractivity contribution in [3.63, 3.8) is 0 Å². The van der Waals surface area contributed by atoms with Gasteiger partial charge in [-0.3, -0.25) is 4.79 Å². The molecule has 2 aromatic rings.